The maximum absolute atomic E-state index is 13.2. The van der Waals surface area contributed by atoms with Crippen molar-refractivity contribution in [1.29, 1.82) is 0 Å². The Balaban J connectivity index is 1.75. The van der Waals surface area contributed by atoms with Crippen molar-refractivity contribution in [3.8, 4) is 11.4 Å². The van der Waals surface area contributed by atoms with Gasteiger partial charge in [-0.15, -0.1) is 0 Å². The first kappa shape index (κ1) is 18.5. The first-order valence-corrected chi connectivity index (χ1v) is 9.03. The van der Waals surface area contributed by atoms with Crippen molar-refractivity contribution in [1.82, 2.24) is 10.1 Å². The van der Waals surface area contributed by atoms with Gasteiger partial charge >= 0.3 is 0 Å². The van der Waals surface area contributed by atoms with E-state index in [1.807, 2.05) is 55.5 Å². The Morgan fingerprint density at radius 3 is 2.42 bits per heavy atom. The number of anilines is 1. The second kappa shape index (κ2) is 7.14. The summed E-state index contributed by atoms with van der Waals surface area (Å²) in [6, 6.07) is 11.2. The lowest BCUT2D eigenvalue weighted by atomic mass is 9.97. The number of carbonyl (C=O) groups excluding carboxylic acids is 1. The monoisotopic (exact) mass is 465 g/mol. The third-order valence-electron chi connectivity index (χ3n) is 3.64. The van der Waals surface area contributed by atoms with Crippen LogP contribution in [-0.2, 0) is 5.41 Å². The zero-order valence-electron chi connectivity index (χ0n) is 14.5. The third-order valence-corrected chi connectivity index (χ3v) is 4.54. The summed E-state index contributed by atoms with van der Waals surface area (Å²) < 4.78 is 19.0. The van der Waals surface area contributed by atoms with Crippen LogP contribution in [0.25, 0.3) is 11.4 Å². The van der Waals surface area contributed by atoms with Crippen molar-refractivity contribution >= 4 is 34.2 Å². The van der Waals surface area contributed by atoms with E-state index in [9.17, 15) is 9.18 Å². The number of hydrogen-bond acceptors (Lipinski definition) is 4. The third kappa shape index (κ3) is 4.09. The van der Waals surface area contributed by atoms with Crippen LogP contribution >= 0.6 is 22.6 Å². The second-order valence-corrected chi connectivity index (χ2v) is 7.99. The van der Waals surface area contributed by atoms with E-state index in [1.54, 1.807) is 12.1 Å². The van der Waals surface area contributed by atoms with E-state index < -0.39 is 0 Å². The van der Waals surface area contributed by atoms with Crippen LogP contribution in [-0.4, -0.2) is 16.0 Å². The van der Waals surface area contributed by atoms with Crippen molar-refractivity contribution in [3.63, 3.8) is 0 Å². The minimum Gasteiger partial charge on any atom is -0.338 e. The molecule has 5 nitrogen and oxygen atoms in total. The van der Waals surface area contributed by atoms with E-state index in [1.165, 1.54) is 18.2 Å². The molecule has 3 rings (SSSR count). The average Bonchev–Trinajstić information content (AvgIpc) is 3.05. The minimum absolute atomic E-state index is 0.217. The zero-order chi connectivity index (χ0) is 18.9. The smallest absolute Gasteiger partial charge is 0.256 e. The molecule has 0 fully saturated rings. The quantitative estimate of drug-likeness (QED) is 0.551. The highest BCUT2D eigenvalue weighted by Gasteiger charge is 2.22. The molecular weight excluding hydrogens is 448 g/mol. The molecule has 1 amide bonds. The molecule has 1 N–H and O–H groups in total. The second-order valence-electron chi connectivity index (χ2n) is 6.83. The summed E-state index contributed by atoms with van der Waals surface area (Å²) in [6.07, 6.45) is 0. The van der Waals surface area contributed by atoms with Gasteiger partial charge in [-0.25, -0.2) is 4.39 Å². The van der Waals surface area contributed by atoms with Crippen LogP contribution in [0.4, 0.5) is 10.1 Å². The van der Waals surface area contributed by atoms with Gasteiger partial charge in [-0.2, -0.15) is 4.98 Å². The van der Waals surface area contributed by atoms with Gasteiger partial charge in [0.05, 0.1) is 5.56 Å². The van der Waals surface area contributed by atoms with Gasteiger partial charge in [0.2, 0.25) is 11.7 Å². The number of carbonyl (C=O) groups is 1. The predicted molar refractivity (Wildman–Crippen MR) is 106 cm³/mol. The molecule has 0 atom stereocenters. The molecule has 1 heterocycles. The summed E-state index contributed by atoms with van der Waals surface area (Å²) in [6.45, 7) is 6.00. The fourth-order valence-electron chi connectivity index (χ4n) is 2.22. The predicted octanol–water partition coefficient (Wildman–Crippen LogP) is 5.03. The molecule has 1 aromatic heterocycles. The number of rotatable bonds is 3. The summed E-state index contributed by atoms with van der Waals surface area (Å²) in [5.41, 5.74) is 1.62. The number of benzene rings is 2. The van der Waals surface area contributed by atoms with E-state index in [4.69, 9.17) is 4.52 Å². The summed E-state index contributed by atoms with van der Waals surface area (Å²) >= 11 is 1.94. The summed E-state index contributed by atoms with van der Waals surface area (Å²) in [7, 11) is 0. The van der Waals surface area contributed by atoms with Gasteiger partial charge in [0.15, 0.2) is 0 Å². The van der Waals surface area contributed by atoms with Gasteiger partial charge in [0, 0.05) is 20.2 Å². The van der Waals surface area contributed by atoms with E-state index in [0.29, 0.717) is 26.5 Å². The summed E-state index contributed by atoms with van der Waals surface area (Å²) in [4.78, 5) is 16.7. The normalized spacial score (nSPS) is 11.4. The molecule has 0 spiro atoms. The molecule has 0 bridgehead atoms. The molecule has 0 saturated carbocycles. The van der Waals surface area contributed by atoms with Crippen LogP contribution in [0.15, 0.2) is 47.0 Å². The zero-order valence-corrected chi connectivity index (χ0v) is 16.7. The molecule has 134 valence electrons. The largest absolute Gasteiger partial charge is 0.338 e. The van der Waals surface area contributed by atoms with Crippen LogP contribution in [0.2, 0.25) is 0 Å². The molecule has 0 radical (unpaired) electrons. The van der Waals surface area contributed by atoms with Gasteiger partial charge in [-0.3, -0.25) is 4.79 Å². The number of halogens is 2. The SMILES string of the molecule is CC(C)(C)c1nc(-c2ccc(NC(=O)c3ccc(F)cc3I)cc2)no1. The Hall–Kier alpha value is -2.29. The fourth-order valence-corrected chi connectivity index (χ4v) is 2.94. The summed E-state index contributed by atoms with van der Waals surface area (Å²) in [5, 5.41) is 6.80. The van der Waals surface area contributed by atoms with Crippen molar-refractivity contribution in [3.05, 3.63) is 63.3 Å². The van der Waals surface area contributed by atoms with Gasteiger partial charge in [0.1, 0.15) is 5.82 Å². The first-order chi connectivity index (χ1) is 12.2. The van der Waals surface area contributed by atoms with E-state index in [-0.39, 0.29) is 17.1 Å². The molecule has 7 heteroatoms. The van der Waals surface area contributed by atoms with Crippen LogP contribution in [0.5, 0.6) is 0 Å². The molecule has 3 aromatic rings. The Labute approximate surface area is 164 Å². The van der Waals surface area contributed by atoms with Gasteiger partial charge < -0.3 is 9.84 Å². The van der Waals surface area contributed by atoms with Gasteiger partial charge in [-0.1, -0.05) is 25.9 Å². The molecule has 0 aliphatic carbocycles. The first-order valence-electron chi connectivity index (χ1n) is 7.95. The van der Waals surface area contributed by atoms with Crippen LogP contribution in [0, 0.1) is 9.39 Å². The van der Waals surface area contributed by atoms with E-state index >= 15 is 0 Å². The highest BCUT2D eigenvalue weighted by molar-refractivity contribution is 14.1. The Morgan fingerprint density at radius 1 is 1.15 bits per heavy atom. The molecule has 0 aliphatic rings. The van der Waals surface area contributed by atoms with Crippen LogP contribution < -0.4 is 5.32 Å². The molecule has 0 saturated heterocycles. The topological polar surface area (TPSA) is 68.0 Å². The Bertz CT molecular complexity index is 946. The van der Waals surface area contributed by atoms with Crippen molar-refractivity contribution in [2.24, 2.45) is 0 Å². The Morgan fingerprint density at radius 2 is 1.85 bits per heavy atom. The Kier molecular flexibility index (Phi) is 5.08. The molecule has 0 unspecified atom stereocenters. The standard InChI is InChI=1S/C19H17FIN3O2/c1-19(2,3)18-23-16(24-26-18)11-4-7-13(8-5-11)22-17(25)14-9-6-12(20)10-15(14)21/h4-10H,1-3H3,(H,22,25). The van der Waals surface area contributed by atoms with Crippen molar-refractivity contribution < 1.29 is 13.7 Å². The summed E-state index contributed by atoms with van der Waals surface area (Å²) in [5.74, 6) is 0.401. The molecule has 0 aliphatic heterocycles. The molecule has 2 aromatic carbocycles. The molecule has 26 heavy (non-hydrogen) atoms. The lowest BCUT2D eigenvalue weighted by molar-refractivity contribution is 0.102. The van der Waals surface area contributed by atoms with Crippen molar-refractivity contribution in [2.45, 2.75) is 26.2 Å². The number of hydrogen-bond donors (Lipinski definition) is 1. The van der Waals surface area contributed by atoms with Gasteiger partial charge in [0.25, 0.3) is 5.91 Å². The highest BCUT2D eigenvalue weighted by atomic mass is 127. The van der Waals surface area contributed by atoms with Crippen LogP contribution in [0.3, 0.4) is 0 Å². The van der Waals surface area contributed by atoms with Crippen molar-refractivity contribution in [2.75, 3.05) is 5.32 Å². The highest BCUT2D eigenvalue weighted by Crippen LogP contribution is 2.25. The number of aromatic nitrogens is 2. The number of amides is 1. The number of nitrogens with zero attached hydrogens (tertiary/aromatic N) is 2. The van der Waals surface area contributed by atoms with Crippen LogP contribution in [0.1, 0.15) is 37.0 Å². The maximum atomic E-state index is 13.2. The fraction of sp³-hybridized carbons (Fsp3) is 0.211. The lowest BCUT2D eigenvalue weighted by Gasteiger charge is -2.10. The number of nitrogens with one attached hydrogen (secondary N) is 1. The average molecular weight is 465 g/mol. The molecular formula is C19H17FIN3O2. The van der Waals surface area contributed by atoms with E-state index in [2.05, 4.69) is 15.5 Å². The van der Waals surface area contributed by atoms with Gasteiger partial charge in [-0.05, 0) is 65.1 Å². The maximum Gasteiger partial charge on any atom is 0.256 e. The minimum atomic E-state index is -0.370. The van der Waals surface area contributed by atoms with E-state index in [0.717, 1.165) is 5.56 Å². The lowest BCUT2D eigenvalue weighted by Crippen LogP contribution is -2.13.